The summed E-state index contributed by atoms with van der Waals surface area (Å²) in [6.45, 7) is 17.8. The summed E-state index contributed by atoms with van der Waals surface area (Å²) in [5, 5.41) is 0. The van der Waals surface area contributed by atoms with Gasteiger partial charge in [0.1, 0.15) is 12.2 Å². The zero-order chi connectivity index (χ0) is 17.2. The van der Waals surface area contributed by atoms with Crippen molar-refractivity contribution in [3.8, 4) is 0 Å². The van der Waals surface area contributed by atoms with Crippen LogP contribution in [-0.4, -0.2) is 47.2 Å². The Morgan fingerprint density at radius 3 is 1.86 bits per heavy atom. The molecule has 22 heavy (non-hydrogen) atoms. The predicted molar refractivity (Wildman–Crippen MR) is 86.7 cm³/mol. The normalized spacial score (nSPS) is 25.8. The van der Waals surface area contributed by atoms with Crippen LogP contribution in [0.15, 0.2) is 0 Å². The Labute approximate surface area is 135 Å². The average Bonchev–Trinajstić information content (AvgIpc) is 2.58. The molecule has 0 aromatic carbocycles. The van der Waals surface area contributed by atoms with Crippen LogP contribution in [0.25, 0.3) is 0 Å². The topological polar surface area (TPSA) is 48.0 Å². The molecule has 0 aromatic rings. The summed E-state index contributed by atoms with van der Waals surface area (Å²) in [5.74, 6) is -0.491. The third-order valence-corrected chi connectivity index (χ3v) is 3.89. The Bertz CT molecular complexity index is 371. The molecule has 3 atom stereocenters. The number of hydrogen-bond acceptors (Lipinski definition) is 4. The Morgan fingerprint density at radius 1 is 1.05 bits per heavy atom. The maximum absolute atomic E-state index is 12.6. The molecule has 0 aliphatic carbocycles. The van der Waals surface area contributed by atoms with E-state index in [1.165, 1.54) is 0 Å². The van der Waals surface area contributed by atoms with Crippen LogP contribution in [0.4, 0.5) is 4.79 Å². The van der Waals surface area contributed by atoms with Crippen molar-refractivity contribution in [3.63, 3.8) is 0 Å². The monoisotopic (exact) mass is 315 g/mol. The smallest absolute Gasteiger partial charge is 0.410 e. The van der Waals surface area contributed by atoms with Gasteiger partial charge < -0.3 is 19.1 Å². The van der Waals surface area contributed by atoms with E-state index >= 15 is 0 Å². The average molecular weight is 315 g/mol. The van der Waals surface area contributed by atoms with E-state index in [1.807, 2.05) is 62.3 Å². The summed E-state index contributed by atoms with van der Waals surface area (Å²) < 4.78 is 17.6. The van der Waals surface area contributed by atoms with Crippen LogP contribution >= 0.6 is 0 Å². The molecule has 1 fully saturated rings. The van der Waals surface area contributed by atoms with Gasteiger partial charge in [0.15, 0.2) is 5.79 Å². The van der Waals surface area contributed by atoms with Crippen LogP contribution in [0.3, 0.4) is 0 Å². The molecule has 1 heterocycles. The van der Waals surface area contributed by atoms with Crippen molar-refractivity contribution in [1.82, 2.24) is 4.90 Å². The fourth-order valence-corrected chi connectivity index (χ4v) is 3.08. The Hall–Kier alpha value is -0.810. The largest absolute Gasteiger partial charge is 0.443 e. The van der Waals surface area contributed by atoms with Crippen molar-refractivity contribution >= 4 is 6.09 Å². The molecule has 1 aliphatic rings. The molecule has 5 nitrogen and oxygen atoms in total. The molecule has 130 valence electrons. The molecule has 1 amide bonds. The fourth-order valence-electron chi connectivity index (χ4n) is 3.08. The van der Waals surface area contributed by atoms with E-state index in [2.05, 4.69) is 0 Å². The number of hydrogen-bond donors (Lipinski definition) is 0. The molecule has 0 saturated carbocycles. The molecule has 1 saturated heterocycles. The minimum Gasteiger partial charge on any atom is -0.443 e. The molecule has 0 spiro atoms. The lowest BCUT2D eigenvalue weighted by Gasteiger charge is -2.34. The number of nitrogens with zero attached hydrogens (tertiary/aromatic N) is 1. The van der Waals surface area contributed by atoms with Crippen molar-refractivity contribution in [2.45, 2.75) is 98.5 Å². The summed E-state index contributed by atoms with van der Waals surface area (Å²) in [7, 11) is 0. The van der Waals surface area contributed by atoms with Gasteiger partial charge in [-0.15, -0.1) is 0 Å². The van der Waals surface area contributed by atoms with Crippen molar-refractivity contribution in [2.24, 2.45) is 5.92 Å². The van der Waals surface area contributed by atoms with E-state index in [-0.39, 0.29) is 42.4 Å². The highest BCUT2D eigenvalue weighted by molar-refractivity contribution is 5.68. The lowest BCUT2D eigenvalue weighted by atomic mass is 9.98. The van der Waals surface area contributed by atoms with Gasteiger partial charge in [0.05, 0.1) is 6.10 Å². The fraction of sp³-hybridized carbons (Fsp3) is 0.941. The first-order valence-electron chi connectivity index (χ1n) is 8.31. The van der Waals surface area contributed by atoms with Gasteiger partial charge in [0.2, 0.25) is 0 Å². The minimum atomic E-state index is -0.639. The Balaban J connectivity index is 2.87. The first kappa shape index (κ1) is 19.2. The minimum absolute atomic E-state index is 0.0925. The highest BCUT2D eigenvalue weighted by atomic mass is 16.8. The van der Waals surface area contributed by atoms with Crippen molar-refractivity contribution in [1.29, 1.82) is 0 Å². The Morgan fingerprint density at radius 2 is 1.55 bits per heavy atom. The van der Waals surface area contributed by atoms with Crippen LogP contribution in [-0.2, 0) is 14.2 Å². The van der Waals surface area contributed by atoms with Crippen LogP contribution in [0.1, 0.15) is 62.3 Å². The van der Waals surface area contributed by atoms with Crippen LogP contribution < -0.4 is 0 Å². The quantitative estimate of drug-likeness (QED) is 0.774. The molecule has 5 heteroatoms. The van der Waals surface area contributed by atoms with E-state index in [4.69, 9.17) is 14.2 Å². The molecule has 0 aromatic heterocycles. The van der Waals surface area contributed by atoms with Gasteiger partial charge in [-0.25, -0.2) is 4.79 Å². The molecule has 0 unspecified atom stereocenters. The molecular formula is C17H33NO4. The van der Waals surface area contributed by atoms with Gasteiger partial charge >= 0.3 is 6.09 Å². The first-order chi connectivity index (χ1) is 9.96. The standard InChI is InChI=1S/C17H33NO4/c1-10(2)14(15-13(7)21-17(8,9)22-15)20-16(19)18(11(3)4)12(5)6/h10-15H,1-9H3/t13-,14-,15+/m0/s1. The van der Waals surface area contributed by atoms with E-state index in [1.54, 1.807) is 4.90 Å². The summed E-state index contributed by atoms with van der Waals surface area (Å²) in [4.78, 5) is 14.3. The van der Waals surface area contributed by atoms with Crippen LogP contribution in [0.5, 0.6) is 0 Å². The number of ether oxygens (including phenoxy) is 3. The van der Waals surface area contributed by atoms with Crippen molar-refractivity contribution in [2.75, 3.05) is 0 Å². The van der Waals surface area contributed by atoms with E-state index in [0.29, 0.717) is 0 Å². The zero-order valence-electron chi connectivity index (χ0n) is 15.5. The zero-order valence-corrected chi connectivity index (χ0v) is 15.5. The van der Waals surface area contributed by atoms with Gasteiger partial charge in [0.25, 0.3) is 0 Å². The van der Waals surface area contributed by atoms with E-state index < -0.39 is 5.79 Å². The second-order valence-electron chi connectivity index (χ2n) is 7.49. The molecule has 1 aliphatic heterocycles. The molecular weight excluding hydrogens is 282 g/mol. The molecule has 0 bridgehead atoms. The predicted octanol–water partition coefficient (Wildman–Crippen LogP) is 3.81. The first-order valence-corrected chi connectivity index (χ1v) is 8.31. The van der Waals surface area contributed by atoms with Gasteiger partial charge in [-0.05, 0) is 54.4 Å². The molecule has 0 radical (unpaired) electrons. The second-order valence-corrected chi connectivity index (χ2v) is 7.49. The highest BCUT2D eigenvalue weighted by Crippen LogP contribution is 2.33. The lowest BCUT2D eigenvalue weighted by Crippen LogP contribution is -2.48. The number of carbonyl (C=O) groups excluding carboxylic acids is 1. The van der Waals surface area contributed by atoms with Crippen LogP contribution in [0.2, 0.25) is 0 Å². The summed E-state index contributed by atoms with van der Waals surface area (Å²) in [6.07, 6.45) is -0.977. The number of carbonyl (C=O) groups is 1. The van der Waals surface area contributed by atoms with Crippen LogP contribution in [0, 0.1) is 5.92 Å². The van der Waals surface area contributed by atoms with Gasteiger partial charge in [-0.1, -0.05) is 13.8 Å². The van der Waals surface area contributed by atoms with Crippen molar-refractivity contribution in [3.05, 3.63) is 0 Å². The number of amides is 1. The maximum Gasteiger partial charge on any atom is 0.410 e. The van der Waals surface area contributed by atoms with Gasteiger partial charge in [-0.2, -0.15) is 0 Å². The van der Waals surface area contributed by atoms with Gasteiger partial charge in [0, 0.05) is 12.1 Å². The summed E-state index contributed by atoms with van der Waals surface area (Å²) >= 11 is 0. The summed E-state index contributed by atoms with van der Waals surface area (Å²) in [5.41, 5.74) is 0. The van der Waals surface area contributed by atoms with Gasteiger partial charge in [-0.3, -0.25) is 0 Å². The molecule has 0 N–H and O–H groups in total. The third-order valence-electron chi connectivity index (χ3n) is 3.89. The van der Waals surface area contributed by atoms with E-state index in [9.17, 15) is 4.79 Å². The SMILES string of the molecule is CC(C)[C@H](OC(=O)N(C(C)C)C(C)C)[C@@H]1OC(C)(C)O[C@H]1C. The van der Waals surface area contributed by atoms with Crippen molar-refractivity contribution < 1.29 is 19.0 Å². The second kappa shape index (κ2) is 7.18. The third kappa shape index (κ3) is 4.59. The van der Waals surface area contributed by atoms with E-state index in [0.717, 1.165) is 0 Å². The highest BCUT2D eigenvalue weighted by Gasteiger charge is 2.45. The lowest BCUT2D eigenvalue weighted by molar-refractivity contribution is -0.158. The maximum atomic E-state index is 12.6. The Kier molecular flexibility index (Phi) is 6.27. The summed E-state index contributed by atoms with van der Waals surface area (Å²) in [6, 6.07) is 0.185. The number of rotatable bonds is 5. The molecule has 1 rings (SSSR count).